The molecule has 0 amide bonds. The second-order valence-electron chi connectivity index (χ2n) is 5.57. The Balaban J connectivity index is 1.83. The lowest BCUT2D eigenvalue weighted by molar-refractivity contribution is 0.410. The molecular formula is C19H20N4O. The van der Waals surface area contributed by atoms with Gasteiger partial charge >= 0.3 is 0 Å². The van der Waals surface area contributed by atoms with Crippen molar-refractivity contribution in [2.75, 3.05) is 7.11 Å². The summed E-state index contributed by atoms with van der Waals surface area (Å²) in [6, 6.07) is 15.7. The van der Waals surface area contributed by atoms with Crippen molar-refractivity contribution in [1.82, 2.24) is 9.55 Å². The lowest BCUT2D eigenvalue weighted by Gasteiger charge is -2.11. The quantitative estimate of drug-likeness (QED) is 0.541. The number of para-hydroxylation sites is 1. The van der Waals surface area contributed by atoms with Crippen molar-refractivity contribution in [1.29, 1.82) is 5.41 Å². The van der Waals surface area contributed by atoms with E-state index in [0.29, 0.717) is 13.0 Å². The van der Waals surface area contributed by atoms with E-state index in [0.717, 1.165) is 28.3 Å². The number of rotatable bonds is 6. The Morgan fingerprint density at radius 2 is 2.04 bits per heavy atom. The normalized spacial score (nSPS) is 10.5. The standard InChI is InChI=1S/C19H20N4O/c1-24-17-8-3-2-6-15(17)12-18-22-9-10-23(18)13-14-5-4-7-16(11-14)19(20)21/h2-11H,12-13H2,1H3,(H3,20,21). The summed E-state index contributed by atoms with van der Waals surface area (Å²) in [6.45, 7) is 0.686. The number of hydrogen-bond acceptors (Lipinski definition) is 3. The van der Waals surface area contributed by atoms with Crippen molar-refractivity contribution in [3.05, 3.63) is 83.4 Å². The van der Waals surface area contributed by atoms with Crippen molar-refractivity contribution < 1.29 is 4.74 Å². The van der Waals surface area contributed by atoms with Crippen molar-refractivity contribution >= 4 is 5.84 Å². The Hall–Kier alpha value is -3.08. The van der Waals surface area contributed by atoms with Crippen LogP contribution in [-0.4, -0.2) is 22.5 Å². The molecule has 0 radical (unpaired) electrons. The molecule has 0 saturated heterocycles. The van der Waals surface area contributed by atoms with Crippen LogP contribution in [0.5, 0.6) is 5.75 Å². The molecule has 0 spiro atoms. The topological polar surface area (TPSA) is 76.9 Å². The Bertz CT molecular complexity index is 854. The van der Waals surface area contributed by atoms with Gasteiger partial charge in [-0.3, -0.25) is 5.41 Å². The zero-order chi connectivity index (χ0) is 16.9. The predicted molar refractivity (Wildman–Crippen MR) is 94.6 cm³/mol. The number of methoxy groups -OCH3 is 1. The minimum absolute atomic E-state index is 0.0803. The molecule has 0 unspecified atom stereocenters. The summed E-state index contributed by atoms with van der Waals surface area (Å²) >= 11 is 0. The molecule has 122 valence electrons. The number of aromatic nitrogens is 2. The highest BCUT2D eigenvalue weighted by molar-refractivity contribution is 5.95. The first-order valence-corrected chi connectivity index (χ1v) is 7.72. The van der Waals surface area contributed by atoms with E-state index in [2.05, 4.69) is 9.55 Å². The van der Waals surface area contributed by atoms with Gasteiger partial charge in [-0.2, -0.15) is 0 Å². The SMILES string of the molecule is COc1ccccc1Cc1nccn1Cc1cccc(C(=N)N)c1. The third kappa shape index (κ3) is 3.46. The molecule has 0 bridgehead atoms. The van der Waals surface area contributed by atoms with Crippen molar-refractivity contribution in [3.8, 4) is 5.75 Å². The van der Waals surface area contributed by atoms with E-state index in [9.17, 15) is 0 Å². The summed E-state index contributed by atoms with van der Waals surface area (Å²) in [6.07, 6.45) is 4.47. The molecule has 24 heavy (non-hydrogen) atoms. The number of nitrogens with zero attached hydrogens (tertiary/aromatic N) is 2. The Morgan fingerprint density at radius 3 is 2.83 bits per heavy atom. The molecule has 0 atom stereocenters. The van der Waals surface area contributed by atoms with Crippen molar-refractivity contribution in [2.24, 2.45) is 5.73 Å². The lowest BCUT2D eigenvalue weighted by atomic mass is 10.1. The van der Waals surface area contributed by atoms with E-state index in [-0.39, 0.29) is 5.84 Å². The summed E-state index contributed by atoms with van der Waals surface area (Å²) in [5, 5.41) is 7.56. The van der Waals surface area contributed by atoms with E-state index in [4.69, 9.17) is 15.9 Å². The first-order valence-electron chi connectivity index (χ1n) is 7.72. The average Bonchev–Trinajstić information content (AvgIpc) is 3.02. The maximum Gasteiger partial charge on any atom is 0.122 e. The predicted octanol–water partition coefficient (Wildman–Crippen LogP) is 2.81. The highest BCUT2D eigenvalue weighted by Gasteiger charge is 2.09. The number of nitrogen functional groups attached to an aromatic ring is 1. The molecular weight excluding hydrogens is 300 g/mol. The lowest BCUT2D eigenvalue weighted by Crippen LogP contribution is -2.12. The second-order valence-corrected chi connectivity index (χ2v) is 5.57. The van der Waals surface area contributed by atoms with Gasteiger partial charge in [0.25, 0.3) is 0 Å². The van der Waals surface area contributed by atoms with Gasteiger partial charge in [0.1, 0.15) is 17.4 Å². The van der Waals surface area contributed by atoms with Crippen LogP contribution in [0.15, 0.2) is 60.9 Å². The monoisotopic (exact) mass is 320 g/mol. The first-order chi connectivity index (χ1) is 11.7. The summed E-state index contributed by atoms with van der Waals surface area (Å²) < 4.78 is 7.52. The van der Waals surface area contributed by atoms with Gasteiger partial charge in [0, 0.05) is 36.5 Å². The van der Waals surface area contributed by atoms with Gasteiger partial charge in [0.2, 0.25) is 0 Å². The van der Waals surface area contributed by atoms with Gasteiger partial charge < -0.3 is 15.0 Å². The summed E-state index contributed by atoms with van der Waals surface area (Å²) in [5.74, 6) is 1.91. The minimum Gasteiger partial charge on any atom is -0.496 e. The third-order valence-electron chi connectivity index (χ3n) is 3.93. The van der Waals surface area contributed by atoms with Crippen molar-refractivity contribution in [2.45, 2.75) is 13.0 Å². The largest absolute Gasteiger partial charge is 0.496 e. The molecule has 0 fully saturated rings. The van der Waals surface area contributed by atoms with E-state index in [1.165, 1.54) is 0 Å². The van der Waals surface area contributed by atoms with Crippen LogP contribution in [0.25, 0.3) is 0 Å². The number of imidazole rings is 1. The number of benzene rings is 2. The Morgan fingerprint density at radius 1 is 1.21 bits per heavy atom. The number of hydrogen-bond donors (Lipinski definition) is 2. The minimum atomic E-state index is 0.0803. The fourth-order valence-corrected chi connectivity index (χ4v) is 2.70. The van der Waals surface area contributed by atoms with Gasteiger partial charge in [-0.05, 0) is 17.7 Å². The maximum absolute atomic E-state index is 7.56. The molecule has 0 aliphatic heterocycles. The molecule has 1 heterocycles. The molecule has 1 aromatic heterocycles. The molecule has 2 aromatic carbocycles. The Kier molecular flexibility index (Phi) is 4.61. The maximum atomic E-state index is 7.56. The van der Waals surface area contributed by atoms with E-state index in [1.807, 2.05) is 54.7 Å². The van der Waals surface area contributed by atoms with Crippen LogP contribution in [0.2, 0.25) is 0 Å². The second kappa shape index (κ2) is 7.00. The van der Waals surface area contributed by atoms with E-state index < -0.39 is 0 Å². The van der Waals surface area contributed by atoms with Gasteiger partial charge in [-0.25, -0.2) is 4.98 Å². The fourth-order valence-electron chi connectivity index (χ4n) is 2.70. The molecule has 3 aromatic rings. The molecule has 3 N–H and O–H groups in total. The number of ether oxygens (including phenoxy) is 1. The molecule has 0 aliphatic carbocycles. The van der Waals surface area contributed by atoms with Gasteiger partial charge in [-0.15, -0.1) is 0 Å². The third-order valence-corrected chi connectivity index (χ3v) is 3.93. The molecule has 0 saturated carbocycles. The number of nitrogens with two attached hydrogens (primary N) is 1. The molecule has 3 rings (SSSR count). The van der Waals surface area contributed by atoms with Gasteiger partial charge in [-0.1, -0.05) is 36.4 Å². The zero-order valence-corrected chi connectivity index (χ0v) is 13.6. The highest BCUT2D eigenvalue weighted by atomic mass is 16.5. The van der Waals surface area contributed by atoms with Crippen LogP contribution < -0.4 is 10.5 Å². The number of nitrogens with one attached hydrogen (secondary N) is 1. The highest BCUT2D eigenvalue weighted by Crippen LogP contribution is 2.20. The van der Waals surface area contributed by atoms with E-state index >= 15 is 0 Å². The summed E-state index contributed by atoms with van der Waals surface area (Å²) in [7, 11) is 1.68. The van der Waals surface area contributed by atoms with Crippen LogP contribution in [0.3, 0.4) is 0 Å². The van der Waals surface area contributed by atoms with Crippen LogP contribution in [0.1, 0.15) is 22.5 Å². The Labute approximate surface area is 141 Å². The zero-order valence-electron chi connectivity index (χ0n) is 13.6. The van der Waals surface area contributed by atoms with Gasteiger partial charge in [0.15, 0.2) is 0 Å². The average molecular weight is 320 g/mol. The fraction of sp³-hybridized carbons (Fsp3) is 0.158. The summed E-state index contributed by atoms with van der Waals surface area (Å²) in [4.78, 5) is 4.48. The van der Waals surface area contributed by atoms with Crippen molar-refractivity contribution in [3.63, 3.8) is 0 Å². The summed E-state index contributed by atoms with van der Waals surface area (Å²) in [5.41, 5.74) is 8.49. The van der Waals surface area contributed by atoms with Crippen LogP contribution in [0.4, 0.5) is 0 Å². The van der Waals surface area contributed by atoms with Crippen LogP contribution in [0, 0.1) is 5.41 Å². The van der Waals surface area contributed by atoms with E-state index in [1.54, 1.807) is 13.3 Å². The molecule has 5 nitrogen and oxygen atoms in total. The first kappa shape index (κ1) is 15.8. The molecule has 5 heteroatoms. The van der Waals surface area contributed by atoms with Crippen LogP contribution >= 0.6 is 0 Å². The molecule has 0 aliphatic rings. The van der Waals surface area contributed by atoms with Gasteiger partial charge in [0.05, 0.1) is 7.11 Å². The number of amidine groups is 1. The smallest absolute Gasteiger partial charge is 0.122 e. The van der Waals surface area contributed by atoms with Crippen LogP contribution in [-0.2, 0) is 13.0 Å².